The Hall–Kier alpha value is -4.17. The number of ether oxygens (including phenoxy) is 1. The molecule has 38 heavy (non-hydrogen) atoms. The van der Waals surface area contributed by atoms with Gasteiger partial charge in [-0.3, -0.25) is 14.6 Å². The van der Waals surface area contributed by atoms with Crippen LogP contribution in [0.3, 0.4) is 0 Å². The van der Waals surface area contributed by atoms with Gasteiger partial charge in [0, 0.05) is 50.0 Å². The van der Waals surface area contributed by atoms with E-state index in [4.69, 9.17) is 4.74 Å². The Bertz CT molecular complexity index is 1510. The molecule has 1 fully saturated rings. The number of nitrogens with zero attached hydrogens (tertiary/aromatic N) is 4. The number of hydrogen-bond donors (Lipinski definition) is 1. The highest BCUT2D eigenvalue weighted by molar-refractivity contribution is 5.95. The van der Waals surface area contributed by atoms with E-state index in [0.29, 0.717) is 31.7 Å². The second-order valence-electron chi connectivity index (χ2n) is 10.2. The Morgan fingerprint density at radius 1 is 1.05 bits per heavy atom. The smallest absolute Gasteiger partial charge is 0.273 e. The minimum absolute atomic E-state index is 0.0668. The van der Waals surface area contributed by atoms with Crippen LogP contribution >= 0.6 is 0 Å². The van der Waals surface area contributed by atoms with Crippen molar-refractivity contribution in [2.75, 3.05) is 33.4 Å². The largest absolute Gasteiger partial charge is 0.497 e. The van der Waals surface area contributed by atoms with Crippen LogP contribution < -0.4 is 4.74 Å². The summed E-state index contributed by atoms with van der Waals surface area (Å²) >= 11 is 0. The molecule has 1 spiro atoms. The molecule has 2 aromatic heterocycles. The Labute approximate surface area is 221 Å². The van der Waals surface area contributed by atoms with Gasteiger partial charge in [-0.05, 0) is 35.4 Å². The summed E-state index contributed by atoms with van der Waals surface area (Å²) in [6.07, 6.45) is 1.94. The lowest BCUT2D eigenvalue weighted by Gasteiger charge is -2.56. The average molecular weight is 511 g/mol. The van der Waals surface area contributed by atoms with Crippen molar-refractivity contribution in [1.82, 2.24) is 19.4 Å². The molecule has 0 radical (unpaired) electrons. The van der Waals surface area contributed by atoms with Crippen molar-refractivity contribution >= 4 is 22.7 Å². The van der Waals surface area contributed by atoms with Gasteiger partial charge in [-0.2, -0.15) is 0 Å². The summed E-state index contributed by atoms with van der Waals surface area (Å²) in [4.78, 5) is 34.8. The molecule has 8 nitrogen and oxygen atoms in total. The highest BCUT2D eigenvalue weighted by Gasteiger charge is 2.55. The maximum Gasteiger partial charge on any atom is 0.273 e. The number of fused-ring (bicyclic) bond motifs is 4. The number of aromatic nitrogens is 2. The highest BCUT2D eigenvalue weighted by Crippen LogP contribution is 2.50. The Morgan fingerprint density at radius 2 is 1.82 bits per heavy atom. The second-order valence-corrected chi connectivity index (χ2v) is 10.2. The summed E-state index contributed by atoms with van der Waals surface area (Å²) in [6.45, 7) is 1.17. The van der Waals surface area contributed by atoms with Crippen molar-refractivity contribution in [3.8, 4) is 5.75 Å². The zero-order valence-corrected chi connectivity index (χ0v) is 21.5. The fourth-order valence-electron chi connectivity index (χ4n) is 6.21. The molecule has 0 unspecified atom stereocenters. The molecular formula is C30H30N4O4. The number of pyridine rings is 1. The normalized spacial score (nSPS) is 17.8. The first kappa shape index (κ1) is 24.2. The molecule has 6 rings (SSSR count). The number of carbonyl (C=O) groups excluding carboxylic acids is 2. The van der Waals surface area contributed by atoms with Gasteiger partial charge in [0.2, 0.25) is 5.91 Å². The number of rotatable bonds is 5. The first-order valence-electron chi connectivity index (χ1n) is 12.8. The number of carbonyl (C=O) groups is 2. The van der Waals surface area contributed by atoms with E-state index >= 15 is 0 Å². The number of hydrogen-bond acceptors (Lipinski definition) is 5. The fraction of sp³-hybridized carbons (Fsp3) is 0.300. The molecule has 2 aromatic carbocycles. The van der Waals surface area contributed by atoms with Crippen molar-refractivity contribution in [1.29, 1.82) is 0 Å². The van der Waals surface area contributed by atoms with E-state index in [1.54, 1.807) is 36.4 Å². The Morgan fingerprint density at radius 3 is 2.50 bits per heavy atom. The van der Waals surface area contributed by atoms with Crippen LogP contribution in [0.5, 0.6) is 5.75 Å². The predicted molar refractivity (Wildman–Crippen MR) is 143 cm³/mol. The average Bonchev–Trinajstić information content (AvgIpc) is 3.23. The zero-order chi connectivity index (χ0) is 26.4. The van der Waals surface area contributed by atoms with Crippen LogP contribution in [0.25, 0.3) is 10.9 Å². The lowest BCUT2D eigenvalue weighted by Crippen LogP contribution is -2.68. The van der Waals surface area contributed by atoms with Crippen molar-refractivity contribution < 1.29 is 19.4 Å². The third-order valence-corrected chi connectivity index (χ3v) is 8.00. The lowest BCUT2D eigenvalue weighted by molar-refractivity contribution is -0.139. The minimum Gasteiger partial charge on any atom is -0.497 e. The summed E-state index contributed by atoms with van der Waals surface area (Å²) in [5, 5.41) is 11.7. The Balaban J connectivity index is 1.43. The van der Waals surface area contributed by atoms with Crippen LogP contribution in [-0.2, 0) is 23.7 Å². The van der Waals surface area contributed by atoms with Crippen molar-refractivity contribution in [2.24, 2.45) is 7.05 Å². The maximum atomic E-state index is 13.7. The number of amides is 2. The monoisotopic (exact) mass is 510 g/mol. The third kappa shape index (κ3) is 3.75. The Kier molecular flexibility index (Phi) is 5.91. The molecule has 1 N–H and O–H groups in total. The highest BCUT2D eigenvalue weighted by atomic mass is 16.5. The predicted octanol–water partition coefficient (Wildman–Crippen LogP) is 3.09. The first-order valence-corrected chi connectivity index (χ1v) is 12.8. The van der Waals surface area contributed by atoms with Gasteiger partial charge in [-0.1, -0.05) is 36.4 Å². The van der Waals surface area contributed by atoms with Crippen LogP contribution in [0, 0.1) is 0 Å². The van der Waals surface area contributed by atoms with Crippen LogP contribution in [0.15, 0.2) is 72.9 Å². The second kappa shape index (κ2) is 9.29. The van der Waals surface area contributed by atoms with Gasteiger partial charge in [0.1, 0.15) is 11.4 Å². The van der Waals surface area contributed by atoms with E-state index in [9.17, 15) is 14.7 Å². The summed E-state index contributed by atoms with van der Waals surface area (Å²) in [5.41, 5.74) is 3.82. The summed E-state index contributed by atoms with van der Waals surface area (Å²) in [7, 11) is 3.60. The quantitative estimate of drug-likeness (QED) is 0.446. The SMILES string of the molecule is COc1ccc2c3c(n(C)c2c1)[C@@H](CO)N(C(=O)c1ccccn1)CC31CN(C(=O)Cc2ccccc2)C1. The van der Waals surface area contributed by atoms with Gasteiger partial charge < -0.3 is 24.2 Å². The van der Waals surface area contributed by atoms with Gasteiger partial charge >= 0.3 is 0 Å². The van der Waals surface area contributed by atoms with Gasteiger partial charge in [-0.15, -0.1) is 0 Å². The molecule has 2 aliphatic heterocycles. The van der Waals surface area contributed by atoms with Crippen molar-refractivity contribution in [3.63, 3.8) is 0 Å². The number of likely N-dealkylation sites (tertiary alicyclic amines) is 1. The number of benzene rings is 2. The standard InChI is InChI=1S/C30H30N4O4/c1-32-24-15-21(38-2)11-12-22(24)27-28(32)25(16-35)34(29(37)23-10-6-7-13-31-23)19-30(27)17-33(18-30)26(36)14-20-8-4-3-5-9-20/h3-13,15,25,35H,14,16-19H2,1-2H3/t25-/m1/s1. The summed E-state index contributed by atoms with van der Waals surface area (Å²) in [6, 6.07) is 20.4. The molecule has 4 aromatic rings. The summed E-state index contributed by atoms with van der Waals surface area (Å²) in [5.74, 6) is 0.573. The van der Waals surface area contributed by atoms with Crippen LogP contribution in [0.4, 0.5) is 0 Å². The van der Waals surface area contributed by atoms with Crippen molar-refractivity contribution in [2.45, 2.75) is 17.9 Å². The molecule has 2 aliphatic rings. The molecule has 1 atom stereocenters. The molecule has 1 saturated heterocycles. The summed E-state index contributed by atoms with van der Waals surface area (Å²) < 4.78 is 7.55. The van der Waals surface area contributed by atoms with Crippen molar-refractivity contribution in [3.05, 3.63) is 95.4 Å². The van der Waals surface area contributed by atoms with E-state index in [1.165, 1.54) is 0 Å². The van der Waals surface area contributed by atoms with E-state index in [0.717, 1.165) is 33.5 Å². The van der Waals surface area contributed by atoms with Gasteiger partial charge in [0.15, 0.2) is 0 Å². The molecule has 0 bridgehead atoms. The molecule has 194 valence electrons. The molecule has 2 amide bonds. The van der Waals surface area contributed by atoms with Crippen LogP contribution in [0.1, 0.15) is 33.4 Å². The third-order valence-electron chi connectivity index (χ3n) is 8.00. The molecule has 4 heterocycles. The molecular weight excluding hydrogens is 480 g/mol. The van der Waals surface area contributed by atoms with E-state index in [-0.39, 0.29) is 18.4 Å². The molecule has 8 heteroatoms. The number of aryl methyl sites for hydroxylation is 1. The minimum atomic E-state index is -0.539. The van der Waals surface area contributed by atoms with E-state index in [2.05, 4.69) is 9.55 Å². The maximum absolute atomic E-state index is 13.7. The first-order chi connectivity index (χ1) is 18.5. The van der Waals surface area contributed by atoms with Crippen LogP contribution in [-0.4, -0.2) is 69.6 Å². The van der Waals surface area contributed by atoms with Gasteiger partial charge in [-0.25, -0.2) is 0 Å². The van der Waals surface area contributed by atoms with Crippen LogP contribution in [0.2, 0.25) is 0 Å². The zero-order valence-electron chi connectivity index (χ0n) is 21.5. The number of methoxy groups -OCH3 is 1. The topological polar surface area (TPSA) is 87.9 Å². The van der Waals surface area contributed by atoms with E-state index in [1.807, 2.05) is 60.5 Å². The molecule has 0 saturated carbocycles. The fourth-order valence-corrected chi connectivity index (χ4v) is 6.21. The van der Waals surface area contributed by atoms with Gasteiger partial charge in [0.05, 0.1) is 37.1 Å². The number of aliphatic hydroxyl groups excluding tert-OH is 1. The number of aliphatic hydroxyl groups is 1. The van der Waals surface area contributed by atoms with Gasteiger partial charge in [0.25, 0.3) is 5.91 Å². The van der Waals surface area contributed by atoms with E-state index < -0.39 is 11.5 Å². The molecule has 0 aliphatic carbocycles. The lowest BCUT2D eigenvalue weighted by atomic mass is 9.68.